The molecule has 0 atom stereocenters. The van der Waals surface area contributed by atoms with Crippen molar-refractivity contribution in [2.45, 2.75) is 0 Å². The average molecular weight is 702 g/mol. The molecular formula is C51H31N3O. The van der Waals surface area contributed by atoms with Crippen LogP contribution < -0.4 is 0 Å². The van der Waals surface area contributed by atoms with Gasteiger partial charge >= 0.3 is 0 Å². The van der Waals surface area contributed by atoms with E-state index in [4.69, 9.17) is 19.4 Å². The van der Waals surface area contributed by atoms with Gasteiger partial charge in [-0.25, -0.2) is 15.0 Å². The van der Waals surface area contributed by atoms with Crippen LogP contribution in [0.15, 0.2) is 192 Å². The van der Waals surface area contributed by atoms with Gasteiger partial charge in [0.2, 0.25) is 0 Å². The molecule has 2 heterocycles. The molecule has 0 fully saturated rings. The first-order chi connectivity index (χ1) is 27.2. The van der Waals surface area contributed by atoms with Gasteiger partial charge in [0.25, 0.3) is 0 Å². The van der Waals surface area contributed by atoms with Crippen molar-refractivity contribution in [1.82, 2.24) is 15.0 Å². The third-order valence-electron chi connectivity index (χ3n) is 10.7. The van der Waals surface area contributed by atoms with Crippen molar-refractivity contribution in [3.63, 3.8) is 0 Å². The Labute approximate surface area is 317 Å². The summed E-state index contributed by atoms with van der Waals surface area (Å²) < 4.78 is 6.86. The molecule has 256 valence electrons. The molecule has 0 aliphatic rings. The summed E-state index contributed by atoms with van der Waals surface area (Å²) in [6.07, 6.45) is 0. The maximum Gasteiger partial charge on any atom is 0.164 e. The Morgan fingerprint density at radius 1 is 0.309 bits per heavy atom. The van der Waals surface area contributed by atoms with Gasteiger partial charge < -0.3 is 4.42 Å². The van der Waals surface area contributed by atoms with E-state index in [9.17, 15) is 0 Å². The number of hydrogen-bond acceptors (Lipinski definition) is 4. The quantitative estimate of drug-likeness (QED) is 0.179. The van der Waals surface area contributed by atoms with E-state index in [1.54, 1.807) is 0 Å². The van der Waals surface area contributed by atoms with Gasteiger partial charge in [0.1, 0.15) is 11.2 Å². The molecule has 11 aromatic rings. The highest BCUT2D eigenvalue weighted by molar-refractivity contribution is 6.24. The standard InChI is InChI=1S/C51H31N3O/c1-2-13-36(14-3-1)49-52-50(37-22-18-34(19-23-37)40-24-20-32-10-4-6-15-38(32)30-40)54-51(53-49)44-28-27-43(41-25-21-33-11-5-7-16-39(33)31-41)48-47(44)46-42-17-9-8-12-35(42)26-29-45(46)55-48/h1-31H. The lowest BCUT2D eigenvalue weighted by atomic mass is 9.95. The molecule has 0 radical (unpaired) electrons. The lowest BCUT2D eigenvalue weighted by Crippen LogP contribution is -2.00. The van der Waals surface area contributed by atoms with Crippen LogP contribution in [0.3, 0.4) is 0 Å². The molecule has 9 aromatic carbocycles. The van der Waals surface area contributed by atoms with Crippen LogP contribution in [0.1, 0.15) is 0 Å². The van der Waals surface area contributed by atoms with Crippen LogP contribution in [0.25, 0.3) is 111 Å². The van der Waals surface area contributed by atoms with E-state index >= 15 is 0 Å². The first kappa shape index (κ1) is 31.1. The normalized spacial score (nSPS) is 11.6. The van der Waals surface area contributed by atoms with E-state index in [-0.39, 0.29) is 0 Å². The van der Waals surface area contributed by atoms with Gasteiger partial charge in [0.05, 0.1) is 0 Å². The van der Waals surface area contributed by atoms with E-state index < -0.39 is 0 Å². The minimum atomic E-state index is 0.591. The van der Waals surface area contributed by atoms with Crippen molar-refractivity contribution in [2.24, 2.45) is 0 Å². The predicted octanol–water partition coefficient (Wildman–Crippen LogP) is 13.6. The molecule has 0 amide bonds. The molecule has 0 saturated heterocycles. The summed E-state index contributed by atoms with van der Waals surface area (Å²) in [6, 6.07) is 65.8. The van der Waals surface area contributed by atoms with Crippen LogP contribution in [0.2, 0.25) is 0 Å². The summed E-state index contributed by atoms with van der Waals surface area (Å²) in [5, 5.41) is 9.13. The molecule has 55 heavy (non-hydrogen) atoms. The topological polar surface area (TPSA) is 51.8 Å². The zero-order valence-electron chi connectivity index (χ0n) is 29.6. The number of hydrogen-bond donors (Lipinski definition) is 0. The van der Waals surface area contributed by atoms with Gasteiger partial charge in [-0.15, -0.1) is 0 Å². The van der Waals surface area contributed by atoms with Crippen LogP contribution in [-0.4, -0.2) is 15.0 Å². The fourth-order valence-electron chi connectivity index (χ4n) is 7.93. The number of aromatic nitrogens is 3. The first-order valence-corrected chi connectivity index (χ1v) is 18.5. The maximum absolute atomic E-state index is 6.86. The highest BCUT2D eigenvalue weighted by atomic mass is 16.3. The summed E-state index contributed by atoms with van der Waals surface area (Å²) in [6.45, 7) is 0. The highest BCUT2D eigenvalue weighted by Crippen LogP contribution is 2.44. The Morgan fingerprint density at radius 2 is 0.818 bits per heavy atom. The zero-order chi connectivity index (χ0) is 36.3. The summed E-state index contributed by atoms with van der Waals surface area (Å²) in [5.41, 5.74) is 8.77. The SMILES string of the molecule is c1ccc(-c2nc(-c3ccc(-c4ccc5ccccc5c4)cc3)nc(-c3ccc(-c4ccc5ccccc5c4)c4oc5ccc6ccccc6c5c34)n2)cc1. The Balaban J connectivity index is 1.13. The van der Waals surface area contributed by atoms with Crippen LogP contribution in [0.4, 0.5) is 0 Å². The molecule has 0 aliphatic carbocycles. The predicted molar refractivity (Wildman–Crippen MR) is 227 cm³/mol. The monoisotopic (exact) mass is 701 g/mol. The number of nitrogens with zero attached hydrogens (tertiary/aromatic N) is 3. The lowest BCUT2D eigenvalue weighted by molar-refractivity contribution is 0.670. The smallest absolute Gasteiger partial charge is 0.164 e. The molecule has 0 aliphatic heterocycles. The second kappa shape index (κ2) is 12.6. The van der Waals surface area contributed by atoms with Crippen LogP contribution in [0, 0.1) is 0 Å². The van der Waals surface area contributed by atoms with Crippen LogP contribution in [0.5, 0.6) is 0 Å². The zero-order valence-corrected chi connectivity index (χ0v) is 29.6. The van der Waals surface area contributed by atoms with Crippen LogP contribution >= 0.6 is 0 Å². The van der Waals surface area contributed by atoms with Gasteiger partial charge in [-0.05, 0) is 79.3 Å². The van der Waals surface area contributed by atoms with Gasteiger partial charge in [-0.2, -0.15) is 0 Å². The molecule has 4 nitrogen and oxygen atoms in total. The van der Waals surface area contributed by atoms with Gasteiger partial charge in [0.15, 0.2) is 17.5 Å². The molecule has 11 rings (SSSR count). The second-order valence-corrected chi connectivity index (χ2v) is 14.0. The van der Waals surface area contributed by atoms with Crippen LogP contribution in [-0.2, 0) is 0 Å². The molecule has 4 heteroatoms. The number of benzene rings is 9. The molecule has 0 saturated carbocycles. The number of rotatable bonds is 5. The van der Waals surface area contributed by atoms with Gasteiger partial charge in [-0.3, -0.25) is 0 Å². The summed E-state index contributed by atoms with van der Waals surface area (Å²) >= 11 is 0. The molecule has 0 unspecified atom stereocenters. The Morgan fingerprint density at radius 3 is 1.55 bits per heavy atom. The molecule has 2 aromatic heterocycles. The van der Waals surface area contributed by atoms with Crippen molar-refractivity contribution in [3.05, 3.63) is 188 Å². The van der Waals surface area contributed by atoms with Gasteiger partial charge in [0, 0.05) is 33.0 Å². The lowest BCUT2D eigenvalue weighted by Gasteiger charge is -2.12. The van der Waals surface area contributed by atoms with Gasteiger partial charge in [-0.1, -0.05) is 158 Å². The minimum Gasteiger partial charge on any atom is -0.455 e. The second-order valence-electron chi connectivity index (χ2n) is 14.0. The average Bonchev–Trinajstić information content (AvgIpc) is 3.66. The van der Waals surface area contributed by atoms with E-state index in [2.05, 4.69) is 158 Å². The molecular weight excluding hydrogens is 671 g/mol. The Kier molecular flexibility index (Phi) is 7.14. The fourth-order valence-corrected chi connectivity index (χ4v) is 7.93. The molecule has 0 bridgehead atoms. The molecule has 0 spiro atoms. The Hall–Kier alpha value is -7.43. The van der Waals surface area contributed by atoms with E-state index in [1.807, 2.05) is 30.3 Å². The third kappa shape index (κ3) is 5.34. The van der Waals surface area contributed by atoms with Crippen molar-refractivity contribution >= 4 is 54.3 Å². The largest absolute Gasteiger partial charge is 0.455 e. The molecule has 0 N–H and O–H groups in total. The first-order valence-electron chi connectivity index (χ1n) is 18.5. The number of furan rings is 1. The van der Waals surface area contributed by atoms with Crippen molar-refractivity contribution in [3.8, 4) is 56.4 Å². The minimum absolute atomic E-state index is 0.591. The number of fused-ring (bicyclic) bond motifs is 7. The third-order valence-corrected chi connectivity index (χ3v) is 10.7. The van der Waals surface area contributed by atoms with E-state index in [0.29, 0.717) is 17.5 Å². The van der Waals surface area contributed by atoms with Crippen molar-refractivity contribution < 1.29 is 4.42 Å². The summed E-state index contributed by atoms with van der Waals surface area (Å²) in [5.74, 6) is 1.81. The van der Waals surface area contributed by atoms with E-state index in [0.717, 1.165) is 66.1 Å². The fraction of sp³-hybridized carbons (Fsp3) is 0. The summed E-state index contributed by atoms with van der Waals surface area (Å²) in [4.78, 5) is 15.5. The Bertz CT molecular complexity index is 3260. The van der Waals surface area contributed by atoms with E-state index in [1.165, 1.54) is 27.1 Å². The summed E-state index contributed by atoms with van der Waals surface area (Å²) in [7, 11) is 0. The maximum atomic E-state index is 6.86. The highest BCUT2D eigenvalue weighted by Gasteiger charge is 2.22. The van der Waals surface area contributed by atoms with Crippen molar-refractivity contribution in [2.75, 3.05) is 0 Å². The van der Waals surface area contributed by atoms with Crippen molar-refractivity contribution in [1.29, 1.82) is 0 Å².